The zero-order valence-corrected chi connectivity index (χ0v) is 9.89. The molecule has 0 N–H and O–H groups in total. The monoisotopic (exact) mass is 188 g/mol. The third kappa shape index (κ3) is 4.63. The Kier molecular flexibility index (Phi) is 5.57. The van der Waals surface area contributed by atoms with Gasteiger partial charge in [0.2, 0.25) is 0 Å². The fraction of sp³-hybridized carbons (Fsp3) is 1.00. The van der Waals surface area contributed by atoms with E-state index in [-0.39, 0.29) is 18.0 Å². The second kappa shape index (κ2) is 5.61. The topological polar surface area (TPSA) is 18.5 Å². The lowest BCUT2D eigenvalue weighted by atomic mass is 10.1. The number of hydrogen-bond acceptors (Lipinski definition) is 2. The molecule has 0 spiro atoms. The van der Waals surface area contributed by atoms with Crippen LogP contribution in [0.25, 0.3) is 0 Å². The Morgan fingerprint density at radius 2 is 1.15 bits per heavy atom. The van der Waals surface area contributed by atoms with Crippen LogP contribution in [0.3, 0.4) is 0 Å². The lowest BCUT2D eigenvalue weighted by molar-refractivity contribution is -0.271. The average molecular weight is 188 g/mol. The Hall–Kier alpha value is -0.0800. The van der Waals surface area contributed by atoms with E-state index in [1.54, 1.807) is 0 Å². The lowest BCUT2D eigenvalue weighted by Gasteiger charge is -2.35. The summed E-state index contributed by atoms with van der Waals surface area (Å²) >= 11 is 0. The van der Waals surface area contributed by atoms with Crippen molar-refractivity contribution < 1.29 is 9.47 Å². The number of hydrogen-bond donors (Lipinski definition) is 0. The van der Waals surface area contributed by atoms with Crippen molar-refractivity contribution in [3.8, 4) is 0 Å². The zero-order valence-electron chi connectivity index (χ0n) is 9.89. The maximum atomic E-state index is 5.82. The summed E-state index contributed by atoms with van der Waals surface area (Å²) in [6.07, 6.45) is 2.25. The molecule has 0 saturated carbocycles. The third-order valence-corrected chi connectivity index (χ3v) is 1.98. The van der Waals surface area contributed by atoms with Crippen LogP contribution in [0.15, 0.2) is 0 Å². The largest absolute Gasteiger partial charge is 0.347 e. The predicted molar refractivity (Wildman–Crippen MR) is 55.8 cm³/mol. The summed E-state index contributed by atoms with van der Waals surface area (Å²) in [4.78, 5) is 0. The maximum absolute atomic E-state index is 5.82. The van der Waals surface area contributed by atoms with Crippen molar-refractivity contribution in [3.63, 3.8) is 0 Å². The molecular weight excluding hydrogens is 164 g/mol. The molecule has 0 unspecified atom stereocenters. The van der Waals surface area contributed by atoms with Crippen LogP contribution in [0.4, 0.5) is 0 Å². The van der Waals surface area contributed by atoms with E-state index in [9.17, 15) is 0 Å². The molecule has 2 heteroatoms. The van der Waals surface area contributed by atoms with E-state index in [4.69, 9.17) is 9.47 Å². The van der Waals surface area contributed by atoms with Gasteiger partial charge in [-0.05, 0) is 40.5 Å². The van der Waals surface area contributed by atoms with Gasteiger partial charge >= 0.3 is 0 Å². The van der Waals surface area contributed by atoms with Gasteiger partial charge in [0.25, 0.3) is 0 Å². The number of rotatable bonds is 6. The molecule has 0 amide bonds. The van der Waals surface area contributed by atoms with Crippen LogP contribution in [-0.4, -0.2) is 18.0 Å². The summed E-state index contributed by atoms with van der Waals surface area (Å²) in [6, 6.07) is 0. The maximum Gasteiger partial charge on any atom is 0.168 e. The Morgan fingerprint density at radius 1 is 0.846 bits per heavy atom. The van der Waals surface area contributed by atoms with Gasteiger partial charge in [0.15, 0.2) is 5.79 Å². The van der Waals surface area contributed by atoms with Gasteiger partial charge in [-0.2, -0.15) is 0 Å². The van der Waals surface area contributed by atoms with E-state index in [0.717, 1.165) is 12.8 Å². The molecular formula is C11H24O2. The molecule has 0 saturated heterocycles. The van der Waals surface area contributed by atoms with Crippen molar-refractivity contribution in [1.29, 1.82) is 0 Å². The summed E-state index contributed by atoms with van der Waals surface area (Å²) in [5.41, 5.74) is 0. The fourth-order valence-electron chi connectivity index (χ4n) is 1.47. The van der Waals surface area contributed by atoms with Gasteiger partial charge in [0.1, 0.15) is 0 Å². The molecule has 2 nitrogen and oxygen atoms in total. The van der Waals surface area contributed by atoms with E-state index >= 15 is 0 Å². The van der Waals surface area contributed by atoms with E-state index in [1.165, 1.54) is 0 Å². The minimum Gasteiger partial charge on any atom is -0.347 e. The summed E-state index contributed by atoms with van der Waals surface area (Å²) in [7, 11) is 0. The molecule has 0 aliphatic carbocycles. The molecule has 80 valence electrons. The first-order valence-corrected chi connectivity index (χ1v) is 5.31. The Morgan fingerprint density at radius 3 is 1.31 bits per heavy atom. The van der Waals surface area contributed by atoms with Gasteiger partial charge in [0, 0.05) is 0 Å². The van der Waals surface area contributed by atoms with Gasteiger partial charge in [-0.25, -0.2) is 0 Å². The Balaban J connectivity index is 4.30. The zero-order chi connectivity index (χ0) is 10.5. The quantitative estimate of drug-likeness (QED) is 0.595. The fourth-order valence-corrected chi connectivity index (χ4v) is 1.47. The highest BCUT2D eigenvalue weighted by molar-refractivity contribution is 4.68. The first-order valence-electron chi connectivity index (χ1n) is 5.31. The average Bonchev–Trinajstić information content (AvgIpc) is 2.01. The highest BCUT2D eigenvalue weighted by Gasteiger charge is 2.29. The first-order chi connectivity index (χ1) is 5.95. The van der Waals surface area contributed by atoms with Gasteiger partial charge in [-0.15, -0.1) is 0 Å². The standard InChI is InChI=1S/C11H24O2/c1-7-11(8-2,12-9(3)4)13-10(5)6/h9-10H,7-8H2,1-6H3. The molecule has 0 fully saturated rings. The molecule has 0 aromatic heterocycles. The molecule has 0 aliphatic rings. The Bertz CT molecular complexity index is 114. The van der Waals surface area contributed by atoms with E-state index < -0.39 is 0 Å². The van der Waals surface area contributed by atoms with Crippen LogP contribution in [0.5, 0.6) is 0 Å². The van der Waals surface area contributed by atoms with E-state index in [2.05, 4.69) is 13.8 Å². The minimum absolute atomic E-state index is 0.221. The van der Waals surface area contributed by atoms with Crippen molar-refractivity contribution in [1.82, 2.24) is 0 Å². The van der Waals surface area contributed by atoms with Crippen LogP contribution in [0, 0.1) is 0 Å². The predicted octanol–water partition coefficient (Wildman–Crippen LogP) is 3.35. The Labute approximate surface area is 82.6 Å². The highest BCUT2D eigenvalue weighted by atomic mass is 16.7. The van der Waals surface area contributed by atoms with Gasteiger partial charge < -0.3 is 9.47 Å². The molecule has 0 rings (SSSR count). The van der Waals surface area contributed by atoms with Crippen LogP contribution < -0.4 is 0 Å². The third-order valence-electron chi connectivity index (χ3n) is 1.98. The van der Waals surface area contributed by atoms with Crippen LogP contribution in [-0.2, 0) is 9.47 Å². The van der Waals surface area contributed by atoms with Crippen molar-refractivity contribution in [2.45, 2.75) is 72.4 Å². The molecule has 0 bridgehead atoms. The summed E-state index contributed by atoms with van der Waals surface area (Å²) < 4.78 is 11.6. The van der Waals surface area contributed by atoms with Crippen molar-refractivity contribution >= 4 is 0 Å². The van der Waals surface area contributed by atoms with Crippen molar-refractivity contribution in [2.75, 3.05) is 0 Å². The minimum atomic E-state index is -0.373. The second-order valence-corrected chi connectivity index (χ2v) is 3.95. The number of ether oxygens (including phenoxy) is 2. The highest BCUT2D eigenvalue weighted by Crippen LogP contribution is 2.25. The molecule has 0 aromatic rings. The molecule has 0 aromatic carbocycles. The van der Waals surface area contributed by atoms with Crippen molar-refractivity contribution in [3.05, 3.63) is 0 Å². The molecule has 0 aliphatic heterocycles. The van der Waals surface area contributed by atoms with E-state index in [0.29, 0.717) is 0 Å². The summed E-state index contributed by atoms with van der Waals surface area (Å²) in [5.74, 6) is -0.373. The van der Waals surface area contributed by atoms with Crippen molar-refractivity contribution in [2.24, 2.45) is 0 Å². The molecule has 0 atom stereocenters. The lowest BCUT2D eigenvalue weighted by Crippen LogP contribution is -2.39. The van der Waals surface area contributed by atoms with Crippen LogP contribution in [0.2, 0.25) is 0 Å². The van der Waals surface area contributed by atoms with Crippen LogP contribution in [0.1, 0.15) is 54.4 Å². The van der Waals surface area contributed by atoms with Gasteiger partial charge in [-0.3, -0.25) is 0 Å². The molecule has 0 heterocycles. The molecule has 0 radical (unpaired) electrons. The first kappa shape index (κ1) is 12.9. The SMILES string of the molecule is CCC(CC)(OC(C)C)OC(C)C. The van der Waals surface area contributed by atoms with E-state index in [1.807, 2.05) is 27.7 Å². The molecule has 13 heavy (non-hydrogen) atoms. The summed E-state index contributed by atoms with van der Waals surface area (Å²) in [6.45, 7) is 12.4. The normalized spacial score (nSPS) is 12.9. The van der Waals surface area contributed by atoms with Gasteiger partial charge in [-0.1, -0.05) is 13.8 Å². The van der Waals surface area contributed by atoms with Gasteiger partial charge in [0.05, 0.1) is 12.2 Å². The van der Waals surface area contributed by atoms with Crippen LogP contribution >= 0.6 is 0 Å². The smallest absolute Gasteiger partial charge is 0.168 e. The summed E-state index contributed by atoms with van der Waals surface area (Å²) in [5, 5.41) is 0. The second-order valence-electron chi connectivity index (χ2n) is 3.95.